The van der Waals surface area contributed by atoms with E-state index in [0.717, 1.165) is 18.5 Å². The van der Waals surface area contributed by atoms with E-state index in [2.05, 4.69) is 30.8 Å². The summed E-state index contributed by atoms with van der Waals surface area (Å²) in [5, 5.41) is 3.40. The zero-order chi connectivity index (χ0) is 15.9. The average Bonchev–Trinajstić information content (AvgIpc) is 2.43. The summed E-state index contributed by atoms with van der Waals surface area (Å²) < 4.78 is 26.5. The molecule has 1 atom stereocenters. The van der Waals surface area contributed by atoms with Crippen LogP contribution >= 0.6 is 0 Å². The molecule has 0 fully saturated rings. The number of anilines is 1. The molecule has 2 N–H and O–H groups in total. The molecule has 0 aliphatic heterocycles. The van der Waals surface area contributed by atoms with Crippen molar-refractivity contribution in [2.45, 2.75) is 57.9 Å². The summed E-state index contributed by atoms with van der Waals surface area (Å²) in [6.45, 7) is 8.99. The van der Waals surface area contributed by atoms with Gasteiger partial charge in [-0.25, -0.2) is 13.1 Å². The molecule has 0 aromatic heterocycles. The topological polar surface area (TPSA) is 58.2 Å². The summed E-state index contributed by atoms with van der Waals surface area (Å²) >= 11 is 0. The second-order valence-corrected chi connectivity index (χ2v) is 7.71. The molecule has 5 heteroatoms. The molecule has 0 saturated heterocycles. The minimum absolute atomic E-state index is 0.316. The van der Waals surface area contributed by atoms with Crippen LogP contribution < -0.4 is 10.0 Å². The van der Waals surface area contributed by atoms with Crippen molar-refractivity contribution >= 4 is 15.7 Å². The maximum absolute atomic E-state index is 12.0. The third kappa shape index (κ3) is 6.48. The van der Waals surface area contributed by atoms with Gasteiger partial charge in [0.2, 0.25) is 10.0 Å². The van der Waals surface area contributed by atoms with E-state index in [1.807, 2.05) is 19.1 Å². The summed E-state index contributed by atoms with van der Waals surface area (Å²) in [6, 6.07) is 7.33. The molecule has 0 radical (unpaired) electrons. The van der Waals surface area contributed by atoms with Crippen LogP contribution in [0.15, 0.2) is 29.2 Å². The smallest absolute Gasteiger partial charge is 0.240 e. The van der Waals surface area contributed by atoms with Crippen molar-refractivity contribution in [2.24, 2.45) is 5.92 Å². The monoisotopic (exact) mass is 312 g/mol. The van der Waals surface area contributed by atoms with Gasteiger partial charge < -0.3 is 5.32 Å². The van der Waals surface area contributed by atoms with E-state index in [-0.39, 0.29) is 0 Å². The Kier molecular flexibility index (Phi) is 7.18. The summed E-state index contributed by atoms with van der Waals surface area (Å²) in [6.07, 6.45) is 3.07. The molecule has 0 bridgehead atoms. The lowest BCUT2D eigenvalue weighted by molar-refractivity contribution is 0.527. The number of hydrogen-bond acceptors (Lipinski definition) is 3. The quantitative estimate of drug-likeness (QED) is 0.732. The number of sulfonamides is 1. The summed E-state index contributed by atoms with van der Waals surface area (Å²) in [5.41, 5.74) is 0.959. The van der Waals surface area contributed by atoms with Crippen molar-refractivity contribution in [3.63, 3.8) is 0 Å². The van der Waals surface area contributed by atoms with Crippen LogP contribution in [0.3, 0.4) is 0 Å². The fourth-order valence-corrected chi connectivity index (χ4v) is 3.12. The van der Waals surface area contributed by atoms with Gasteiger partial charge in [-0.15, -0.1) is 0 Å². The van der Waals surface area contributed by atoms with Gasteiger partial charge in [0, 0.05) is 18.3 Å². The number of rotatable bonds is 9. The van der Waals surface area contributed by atoms with Gasteiger partial charge in [-0.05, 0) is 56.4 Å². The molecule has 1 unspecified atom stereocenters. The van der Waals surface area contributed by atoms with Crippen LogP contribution in [0.5, 0.6) is 0 Å². The van der Waals surface area contributed by atoms with Gasteiger partial charge in [0.25, 0.3) is 0 Å². The summed E-state index contributed by atoms with van der Waals surface area (Å²) in [5.74, 6) is 0.700. The van der Waals surface area contributed by atoms with Gasteiger partial charge in [-0.1, -0.05) is 20.8 Å². The van der Waals surface area contributed by atoms with Crippen molar-refractivity contribution in [1.82, 2.24) is 4.72 Å². The fraction of sp³-hybridized carbons (Fsp3) is 0.625. The Morgan fingerprint density at radius 1 is 1.05 bits per heavy atom. The van der Waals surface area contributed by atoms with E-state index in [1.165, 1.54) is 6.42 Å². The molecular weight excluding hydrogens is 284 g/mol. The van der Waals surface area contributed by atoms with E-state index in [4.69, 9.17) is 0 Å². The highest BCUT2D eigenvalue weighted by atomic mass is 32.2. The predicted molar refractivity (Wildman–Crippen MR) is 89.1 cm³/mol. The summed E-state index contributed by atoms with van der Waals surface area (Å²) in [4.78, 5) is 0.316. The first-order valence-electron chi connectivity index (χ1n) is 7.71. The van der Waals surface area contributed by atoms with Crippen molar-refractivity contribution in [3.05, 3.63) is 24.3 Å². The number of benzene rings is 1. The van der Waals surface area contributed by atoms with E-state index < -0.39 is 10.0 Å². The zero-order valence-electron chi connectivity index (χ0n) is 13.5. The van der Waals surface area contributed by atoms with Crippen LogP contribution in [-0.2, 0) is 10.0 Å². The Bertz CT molecular complexity index is 510. The van der Waals surface area contributed by atoms with E-state index in [9.17, 15) is 8.42 Å². The van der Waals surface area contributed by atoms with Gasteiger partial charge in [0.05, 0.1) is 4.90 Å². The SMILES string of the molecule is CCCNS(=O)(=O)c1ccc(NC(C)CCC(C)C)cc1. The van der Waals surface area contributed by atoms with Crippen LogP contribution in [0, 0.1) is 5.92 Å². The second-order valence-electron chi connectivity index (χ2n) is 5.94. The second kappa shape index (κ2) is 8.39. The molecule has 1 rings (SSSR count). The molecule has 0 saturated carbocycles. The first-order valence-corrected chi connectivity index (χ1v) is 9.19. The van der Waals surface area contributed by atoms with Gasteiger partial charge in [-0.3, -0.25) is 0 Å². The first kappa shape index (κ1) is 18.0. The number of nitrogens with one attached hydrogen (secondary N) is 2. The van der Waals surface area contributed by atoms with Crippen molar-refractivity contribution < 1.29 is 8.42 Å². The third-order valence-corrected chi connectivity index (χ3v) is 4.77. The Labute approximate surface area is 129 Å². The maximum atomic E-state index is 12.0. The zero-order valence-corrected chi connectivity index (χ0v) is 14.3. The minimum atomic E-state index is -3.37. The Hall–Kier alpha value is -1.07. The van der Waals surface area contributed by atoms with E-state index >= 15 is 0 Å². The molecule has 1 aromatic carbocycles. The van der Waals surface area contributed by atoms with Crippen LogP contribution in [0.4, 0.5) is 5.69 Å². The van der Waals surface area contributed by atoms with Crippen LogP contribution in [0.2, 0.25) is 0 Å². The highest BCUT2D eigenvalue weighted by Gasteiger charge is 2.12. The molecule has 0 aliphatic carbocycles. The lowest BCUT2D eigenvalue weighted by Gasteiger charge is -2.16. The van der Waals surface area contributed by atoms with Gasteiger partial charge >= 0.3 is 0 Å². The average molecular weight is 312 g/mol. The molecule has 0 heterocycles. The molecule has 1 aromatic rings. The highest BCUT2D eigenvalue weighted by molar-refractivity contribution is 7.89. The molecule has 0 amide bonds. The Morgan fingerprint density at radius 3 is 2.19 bits per heavy atom. The highest BCUT2D eigenvalue weighted by Crippen LogP contribution is 2.16. The molecule has 21 heavy (non-hydrogen) atoms. The minimum Gasteiger partial charge on any atom is -0.383 e. The van der Waals surface area contributed by atoms with E-state index in [1.54, 1.807) is 12.1 Å². The molecule has 120 valence electrons. The molecule has 0 spiro atoms. The largest absolute Gasteiger partial charge is 0.383 e. The molecule has 0 aliphatic rings. The predicted octanol–water partition coefficient (Wildman–Crippen LogP) is 3.61. The van der Waals surface area contributed by atoms with Crippen LogP contribution in [-0.4, -0.2) is 21.0 Å². The standard InChI is InChI=1S/C16H28N2O2S/c1-5-12-17-21(19,20)16-10-8-15(9-11-16)18-14(4)7-6-13(2)3/h8-11,13-14,17-18H,5-7,12H2,1-4H3. The fourth-order valence-electron chi connectivity index (χ4n) is 1.99. The maximum Gasteiger partial charge on any atom is 0.240 e. The van der Waals surface area contributed by atoms with Gasteiger partial charge in [0.15, 0.2) is 0 Å². The Morgan fingerprint density at radius 2 is 1.67 bits per heavy atom. The Balaban J connectivity index is 2.61. The lowest BCUT2D eigenvalue weighted by Crippen LogP contribution is -2.24. The summed E-state index contributed by atoms with van der Waals surface area (Å²) in [7, 11) is -3.37. The number of hydrogen-bond donors (Lipinski definition) is 2. The van der Waals surface area contributed by atoms with E-state index in [0.29, 0.717) is 23.4 Å². The van der Waals surface area contributed by atoms with Crippen molar-refractivity contribution in [1.29, 1.82) is 0 Å². The van der Waals surface area contributed by atoms with Gasteiger partial charge in [-0.2, -0.15) is 0 Å². The van der Waals surface area contributed by atoms with Gasteiger partial charge in [0.1, 0.15) is 0 Å². The molecular formula is C16H28N2O2S. The normalized spacial score (nSPS) is 13.4. The van der Waals surface area contributed by atoms with Crippen molar-refractivity contribution in [3.8, 4) is 0 Å². The van der Waals surface area contributed by atoms with Crippen molar-refractivity contribution in [2.75, 3.05) is 11.9 Å². The lowest BCUT2D eigenvalue weighted by atomic mass is 10.0. The molecule has 4 nitrogen and oxygen atoms in total. The van der Waals surface area contributed by atoms with Crippen LogP contribution in [0.25, 0.3) is 0 Å². The van der Waals surface area contributed by atoms with Crippen LogP contribution in [0.1, 0.15) is 47.0 Å². The first-order chi connectivity index (χ1) is 9.85. The third-order valence-electron chi connectivity index (χ3n) is 3.30.